The molecule has 7 heteroatoms. The Balaban J connectivity index is 1.29. The number of benzene rings is 1. The van der Waals surface area contributed by atoms with Crippen LogP contribution in [-0.4, -0.2) is 73.7 Å². The Morgan fingerprint density at radius 2 is 1.39 bits per heavy atom. The topological polar surface area (TPSA) is 60.9 Å². The molecule has 0 spiro atoms. The lowest BCUT2D eigenvalue weighted by molar-refractivity contribution is -0.139. The molecule has 3 aliphatic rings. The van der Waals surface area contributed by atoms with Gasteiger partial charge < -0.3 is 4.90 Å². The normalized spacial score (nSPS) is 23.1. The van der Waals surface area contributed by atoms with Gasteiger partial charge in [0, 0.05) is 51.2 Å². The van der Waals surface area contributed by atoms with Crippen molar-refractivity contribution in [1.82, 2.24) is 14.1 Å². The van der Waals surface area contributed by atoms with Crippen LogP contribution in [0.15, 0.2) is 29.2 Å². The lowest BCUT2D eigenvalue weighted by Crippen LogP contribution is -2.54. The minimum atomic E-state index is -3.52. The molecule has 33 heavy (non-hydrogen) atoms. The third kappa shape index (κ3) is 5.63. The molecule has 1 aliphatic carbocycles. The molecule has 0 N–H and O–H groups in total. The Bertz CT molecular complexity index is 901. The maximum atomic E-state index is 13.1. The van der Waals surface area contributed by atoms with Gasteiger partial charge in [-0.15, -0.1) is 0 Å². The van der Waals surface area contributed by atoms with Crippen LogP contribution < -0.4 is 0 Å². The number of hydrogen-bond donors (Lipinski definition) is 0. The lowest BCUT2D eigenvalue weighted by Gasteiger charge is -2.42. The first-order valence-corrected chi connectivity index (χ1v) is 14.2. The van der Waals surface area contributed by atoms with Gasteiger partial charge in [-0.3, -0.25) is 9.69 Å². The summed E-state index contributed by atoms with van der Waals surface area (Å²) in [7, 11) is -3.52. The second-order valence-corrected chi connectivity index (χ2v) is 13.0. The van der Waals surface area contributed by atoms with Gasteiger partial charge in [0.15, 0.2) is 0 Å². The third-order valence-electron chi connectivity index (χ3n) is 7.88. The highest BCUT2D eigenvalue weighted by atomic mass is 32.2. The van der Waals surface area contributed by atoms with Crippen LogP contribution in [0, 0.1) is 5.92 Å². The summed E-state index contributed by atoms with van der Waals surface area (Å²) in [5.74, 6) is 0.172. The highest BCUT2D eigenvalue weighted by molar-refractivity contribution is 7.89. The van der Waals surface area contributed by atoms with E-state index in [1.54, 1.807) is 16.4 Å². The fraction of sp³-hybridized carbons (Fsp3) is 0.731. The maximum Gasteiger partial charge on any atom is 0.243 e. The predicted octanol–water partition coefficient (Wildman–Crippen LogP) is 3.86. The first kappa shape index (κ1) is 24.7. The van der Waals surface area contributed by atoms with Crippen LogP contribution in [0.2, 0.25) is 0 Å². The Labute approximate surface area is 200 Å². The quantitative estimate of drug-likeness (QED) is 0.663. The molecule has 6 nitrogen and oxygen atoms in total. The summed E-state index contributed by atoms with van der Waals surface area (Å²) in [5, 5.41) is 0. The Morgan fingerprint density at radius 3 is 1.94 bits per heavy atom. The lowest BCUT2D eigenvalue weighted by atomic mass is 9.87. The Morgan fingerprint density at radius 1 is 0.818 bits per heavy atom. The van der Waals surface area contributed by atoms with Crippen molar-refractivity contribution in [3.63, 3.8) is 0 Å². The van der Waals surface area contributed by atoms with Crippen LogP contribution in [0.3, 0.4) is 0 Å². The molecule has 0 atom stereocenters. The van der Waals surface area contributed by atoms with Gasteiger partial charge in [-0.25, -0.2) is 8.42 Å². The van der Waals surface area contributed by atoms with Crippen molar-refractivity contribution < 1.29 is 13.2 Å². The van der Waals surface area contributed by atoms with Gasteiger partial charge >= 0.3 is 0 Å². The largest absolute Gasteiger partial charge is 0.340 e. The van der Waals surface area contributed by atoms with E-state index in [9.17, 15) is 13.2 Å². The molecular formula is C26H41N3O3S. The fourth-order valence-corrected chi connectivity index (χ4v) is 7.10. The summed E-state index contributed by atoms with van der Waals surface area (Å²) < 4.78 is 27.8. The zero-order valence-corrected chi connectivity index (χ0v) is 21.4. The summed E-state index contributed by atoms with van der Waals surface area (Å²) in [6.07, 6.45) is 7.88. The average molecular weight is 476 g/mol. The van der Waals surface area contributed by atoms with E-state index >= 15 is 0 Å². The van der Waals surface area contributed by atoms with Crippen LogP contribution in [0.25, 0.3) is 0 Å². The van der Waals surface area contributed by atoms with E-state index in [0.717, 1.165) is 31.7 Å². The molecular weight excluding hydrogens is 434 g/mol. The minimum Gasteiger partial charge on any atom is -0.340 e. The highest BCUT2D eigenvalue weighted by Crippen LogP contribution is 2.29. The van der Waals surface area contributed by atoms with Crippen molar-refractivity contribution >= 4 is 15.9 Å². The molecule has 2 aliphatic heterocycles. The van der Waals surface area contributed by atoms with Gasteiger partial charge in [-0.1, -0.05) is 52.2 Å². The standard InChI is InChI=1S/C26H41N3O3S/c1-26(2,3)22-9-11-24(12-10-22)33(31,32)29-15-13-21(14-16-29)25(30)28-19-17-27(18-20-28)23-7-5-4-6-8-23/h9-12,21,23H,4-8,13-20H2,1-3H3. The van der Waals surface area contributed by atoms with E-state index in [2.05, 4.69) is 25.7 Å². The molecule has 3 fully saturated rings. The van der Waals surface area contributed by atoms with E-state index in [1.807, 2.05) is 17.0 Å². The zero-order valence-electron chi connectivity index (χ0n) is 20.6. The SMILES string of the molecule is CC(C)(C)c1ccc(S(=O)(=O)N2CCC(C(=O)N3CCN(C4CCCCC4)CC3)CC2)cc1. The van der Waals surface area contributed by atoms with E-state index in [1.165, 1.54) is 32.1 Å². The minimum absolute atomic E-state index is 0.0110. The average Bonchev–Trinajstić information content (AvgIpc) is 2.84. The van der Waals surface area contributed by atoms with Gasteiger partial charge in [-0.2, -0.15) is 4.31 Å². The summed E-state index contributed by atoms with van der Waals surface area (Å²) >= 11 is 0. The molecule has 2 saturated heterocycles. The van der Waals surface area contributed by atoms with Crippen LogP contribution in [0.1, 0.15) is 71.3 Å². The molecule has 1 saturated carbocycles. The first-order valence-electron chi connectivity index (χ1n) is 12.8. The van der Waals surface area contributed by atoms with Crippen LogP contribution >= 0.6 is 0 Å². The summed E-state index contributed by atoms with van der Waals surface area (Å²) in [5.41, 5.74) is 1.11. The number of rotatable bonds is 4. The van der Waals surface area contributed by atoms with Gasteiger partial charge in [0.2, 0.25) is 15.9 Å². The number of piperidine rings is 1. The molecule has 0 radical (unpaired) electrons. The van der Waals surface area contributed by atoms with E-state index < -0.39 is 10.0 Å². The number of carbonyl (C=O) groups is 1. The number of piperazine rings is 1. The molecule has 1 amide bonds. The van der Waals surface area contributed by atoms with Crippen molar-refractivity contribution in [2.45, 2.75) is 82.1 Å². The van der Waals surface area contributed by atoms with Crippen molar-refractivity contribution in [2.24, 2.45) is 5.92 Å². The Kier molecular flexibility index (Phi) is 7.51. The number of sulfonamides is 1. The molecule has 1 aromatic rings. The smallest absolute Gasteiger partial charge is 0.243 e. The number of amides is 1. The van der Waals surface area contributed by atoms with Crippen molar-refractivity contribution in [3.8, 4) is 0 Å². The Hall–Kier alpha value is -1.44. The predicted molar refractivity (Wildman–Crippen MR) is 132 cm³/mol. The third-order valence-corrected chi connectivity index (χ3v) is 9.79. The summed E-state index contributed by atoms with van der Waals surface area (Å²) in [6, 6.07) is 7.98. The molecule has 4 rings (SSSR count). The molecule has 0 bridgehead atoms. The zero-order chi connectivity index (χ0) is 23.6. The fourth-order valence-electron chi connectivity index (χ4n) is 5.63. The first-order chi connectivity index (χ1) is 15.7. The molecule has 184 valence electrons. The van der Waals surface area contributed by atoms with Gasteiger partial charge in [0.05, 0.1) is 4.90 Å². The van der Waals surface area contributed by atoms with Gasteiger partial charge in [-0.05, 0) is 48.8 Å². The molecule has 0 unspecified atom stereocenters. The van der Waals surface area contributed by atoms with E-state index in [-0.39, 0.29) is 17.2 Å². The van der Waals surface area contributed by atoms with Gasteiger partial charge in [0.1, 0.15) is 0 Å². The monoisotopic (exact) mass is 475 g/mol. The maximum absolute atomic E-state index is 13.1. The molecule has 2 heterocycles. The van der Waals surface area contributed by atoms with E-state index in [0.29, 0.717) is 36.9 Å². The second kappa shape index (κ2) is 10.0. The number of nitrogens with zero attached hydrogens (tertiary/aromatic N) is 3. The van der Waals surface area contributed by atoms with Gasteiger partial charge in [0.25, 0.3) is 0 Å². The van der Waals surface area contributed by atoms with Crippen molar-refractivity contribution in [1.29, 1.82) is 0 Å². The van der Waals surface area contributed by atoms with Crippen molar-refractivity contribution in [3.05, 3.63) is 29.8 Å². The summed E-state index contributed by atoms with van der Waals surface area (Å²) in [6.45, 7) is 10.8. The number of hydrogen-bond acceptors (Lipinski definition) is 4. The summed E-state index contributed by atoms with van der Waals surface area (Å²) in [4.78, 5) is 18.1. The van der Waals surface area contributed by atoms with E-state index in [4.69, 9.17) is 0 Å². The molecule has 0 aromatic heterocycles. The second-order valence-electron chi connectivity index (χ2n) is 11.1. The van der Waals surface area contributed by atoms with Crippen molar-refractivity contribution in [2.75, 3.05) is 39.3 Å². The highest BCUT2D eigenvalue weighted by Gasteiger charge is 2.35. The van der Waals surface area contributed by atoms with Crippen LogP contribution in [0.5, 0.6) is 0 Å². The van der Waals surface area contributed by atoms with Crippen LogP contribution in [0.4, 0.5) is 0 Å². The molecule has 1 aromatic carbocycles. The number of carbonyl (C=O) groups excluding carboxylic acids is 1. The van der Waals surface area contributed by atoms with Crippen LogP contribution in [-0.2, 0) is 20.2 Å².